The van der Waals surface area contributed by atoms with Crippen LogP contribution in [-0.4, -0.2) is 41.4 Å². The molecule has 0 aromatic carbocycles. The predicted octanol–water partition coefficient (Wildman–Crippen LogP) is 1.39. The van der Waals surface area contributed by atoms with Crippen LogP contribution < -0.4 is 0 Å². The van der Waals surface area contributed by atoms with E-state index >= 15 is 0 Å². The Hall–Kier alpha value is -0.290. The Morgan fingerprint density at radius 1 is 1.38 bits per heavy atom. The Labute approximate surface area is 75.3 Å². The molecule has 0 saturated carbocycles. The van der Waals surface area contributed by atoms with Gasteiger partial charge in [0.15, 0.2) is 0 Å². The lowest BCUT2D eigenvalue weighted by molar-refractivity contribution is -0.157. The summed E-state index contributed by atoms with van der Waals surface area (Å²) >= 11 is 0. The minimum atomic E-state index is -4.16. The molecule has 0 unspecified atom stereocenters. The monoisotopic (exact) mass is 197 g/mol. The van der Waals surface area contributed by atoms with Gasteiger partial charge in [0.05, 0.1) is 12.6 Å². The topological polar surface area (TPSA) is 23.5 Å². The first kappa shape index (κ1) is 10.8. The van der Waals surface area contributed by atoms with Gasteiger partial charge in [0.1, 0.15) is 0 Å². The second kappa shape index (κ2) is 3.84. The third-order valence-electron chi connectivity index (χ3n) is 2.37. The number of β-amino-alcohol motifs (C(OH)–C–C–N with tert-alkyl or cyclic N) is 1. The van der Waals surface area contributed by atoms with Gasteiger partial charge >= 0.3 is 6.18 Å². The summed E-state index contributed by atoms with van der Waals surface area (Å²) in [6.07, 6.45) is -3.52. The third-order valence-corrected chi connectivity index (χ3v) is 2.37. The fourth-order valence-electron chi connectivity index (χ4n) is 1.61. The van der Waals surface area contributed by atoms with Crippen LogP contribution in [0.4, 0.5) is 13.2 Å². The Bertz CT molecular complexity index is 171. The van der Waals surface area contributed by atoms with Gasteiger partial charge in [-0.2, -0.15) is 13.2 Å². The molecule has 1 aliphatic heterocycles. The average molecular weight is 197 g/mol. The van der Waals surface area contributed by atoms with Crippen LogP contribution in [0.5, 0.6) is 0 Å². The smallest absolute Gasteiger partial charge is 0.392 e. The maximum absolute atomic E-state index is 12.0. The van der Waals surface area contributed by atoms with E-state index in [9.17, 15) is 18.3 Å². The zero-order chi connectivity index (χ0) is 10.1. The molecule has 1 saturated heterocycles. The Kier molecular flexibility index (Phi) is 3.18. The zero-order valence-electron chi connectivity index (χ0n) is 7.51. The van der Waals surface area contributed by atoms with E-state index in [4.69, 9.17) is 0 Å². The van der Waals surface area contributed by atoms with Crippen LogP contribution in [0.15, 0.2) is 0 Å². The van der Waals surface area contributed by atoms with Crippen molar-refractivity contribution < 1.29 is 18.3 Å². The fraction of sp³-hybridized carbons (Fsp3) is 1.00. The molecule has 78 valence electrons. The van der Waals surface area contributed by atoms with Gasteiger partial charge in [-0.05, 0) is 19.8 Å². The number of hydrogen-bond donors (Lipinski definition) is 1. The van der Waals surface area contributed by atoms with E-state index < -0.39 is 18.8 Å². The third kappa shape index (κ3) is 3.52. The molecule has 0 spiro atoms. The van der Waals surface area contributed by atoms with E-state index in [2.05, 4.69) is 0 Å². The average Bonchev–Trinajstić information content (AvgIpc) is 1.94. The number of hydrogen-bond acceptors (Lipinski definition) is 2. The molecule has 0 radical (unpaired) electrons. The molecule has 0 aromatic rings. The molecule has 0 amide bonds. The molecule has 5 heteroatoms. The molecule has 1 aliphatic rings. The van der Waals surface area contributed by atoms with Crippen LogP contribution in [0.3, 0.4) is 0 Å². The second-order valence-electron chi connectivity index (χ2n) is 3.62. The Balaban J connectivity index is 2.47. The molecular formula is C8H14F3NO. The Morgan fingerprint density at radius 3 is 2.54 bits per heavy atom. The molecule has 2 atom stereocenters. The molecule has 13 heavy (non-hydrogen) atoms. The maximum Gasteiger partial charge on any atom is 0.401 e. The van der Waals surface area contributed by atoms with Gasteiger partial charge in [-0.25, -0.2) is 0 Å². The van der Waals surface area contributed by atoms with Crippen molar-refractivity contribution in [2.24, 2.45) is 0 Å². The number of alkyl halides is 3. The molecular weight excluding hydrogens is 183 g/mol. The predicted molar refractivity (Wildman–Crippen MR) is 42.3 cm³/mol. The van der Waals surface area contributed by atoms with Gasteiger partial charge in [-0.15, -0.1) is 0 Å². The molecule has 0 aliphatic carbocycles. The molecule has 1 heterocycles. The highest BCUT2D eigenvalue weighted by Gasteiger charge is 2.35. The van der Waals surface area contributed by atoms with Crippen molar-refractivity contribution in [2.75, 3.05) is 13.1 Å². The van der Waals surface area contributed by atoms with Crippen LogP contribution in [0, 0.1) is 0 Å². The summed E-state index contributed by atoms with van der Waals surface area (Å²) in [5, 5.41) is 9.19. The van der Waals surface area contributed by atoms with E-state index in [-0.39, 0.29) is 12.6 Å². The van der Waals surface area contributed by atoms with Crippen molar-refractivity contribution in [2.45, 2.75) is 38.1 Å². The molecule has 1 N–H and O–H groups in total. The largest absolute Gasteiger partial charge is 0.401 e. The molecule has 1 fully saturated rings. The number of likely N-dealkylation sites (tertiary alicyclic amines) is 1. The highest BCUT2D eigenvalue weighted by molar-refractivity contribution is 4.79. The Morgan fingerprint density at radius 2 is 2.00 bits per heavy atom. The number of halogens is 3. The standard InChI is InChI=1S/C8H14F3NO/c1-6-2-3-7(13)4-12(6)5-8(9,10)11/h6-7,13H,2-5H2,1H3/t6-,7-/m1/s1. The van der Waals surface area contributed by atoms with Gasteiger partial charge in [0, 0.05) is 12.6 Å². The minimum absolute atomic E-state index is 0.0787. The van der Waals surface area contributed by atoms with Crippen molar-refractivity contribution >= 4 is 0 Å². The lowest BCUT2D eigenvalue weighted by Crippen LogP contribution is -2.48. The van der Waals surface area contributed by atoms with Crippen molar-refractivity contribution in [3.05, 3.63) is 0 Å². The van der Waals surface area contributed by atoms with Gasteiger partial charge in [-0.1, -0.05) is 0 Å². The first-order valence-corrected chi connectivity index (χ1v) is 4.37. The van der Waals surface area contributed by atoms with Crippen molar-refractivity contribution in [1.82, 2.24) is 4.90 Å². The van der Waals surface area contributed by atoms with Crippen LogP contribution >= 0.6 is 0 Å². The molecule has 1 rings (SSSR count). The molecule has 2 nitrogen and oxygen atoms in total. The van der Waals surface area contributed by atoms with E-state index in [0.29, 0.717) is 12.8 Å². The fourth-order valence-corrected chi connectivity index (χ4v) is 1.61. The summed E-state index contributed by atoms with van der Waals surface area (Å²) in [6, 6.07) is -0.0787. The van der Waals surface area contributed by atoms with Gasteiger partial charge in [0.2, 0.25) is 0 Å². The van der Waals surface area contributed by atoms with Crippen LogP contribution in [0.1, 0.15) is 19.8 Å². The summed E-state index contributed by atoms with van der Waals surface area (Å²) in [7, 11) is 0. The van der Waals surface area contributed by atoms with Crippen LogP contribution in [0.25, 0.3) is 0 Å². The van der Waals surface area contributed by atoms with Crippen molar-refractivity contribution in [1.29, 1.82) is 0 Å². The van der Waals surface area contributed by atoms with Gasteiger partial charge in [0.25, 0.3) is 0 Å². The number of nitrogens with zero attached hydrogens (tertiary/aromatic N) is 1. The lowest BCUT2D eigenvalue weighted by atomic mass is 10.0. The molecule has 0 aromatic heterocycles. The van der Waals surface area contributed by atoms with E-state index in [1.807, 2.05) is 0 Å². The summed E-state index contributed by atoms with van der Waals surface area (Å²) in [5.74, 6) is 0. The minimum Gasteiger partial charge on any atom is -0.392 e. The number of rotatable bonds is 1. The molecule has 0 bridgehead atoms. The summed E-state index contributed by atoms with van der Waals surface area (Å²) in [4.78, 5) is 1.29. The normalized spacial score (nSPS) is 32.1. The quantitative estimate of drug-likeness (QED) is 0.686. The van der Waals surface area contributed by atoms with Gasteiger partial charge in [-0.3, -0.25) is 4.90 Å². The van der Waals surface area contributed by atoms with Crippen molar-refractivity contribution in [3.8, 4) is 0 Å². The van der Waals surface area contributed by atoms with Crippen LogP contribution in [-0.2, 0) is 0 Å². The number of aliphatic hydroxyl groups excluding tert-OH is 1. The van der Waals surface area contributed by atoms with E-state index in [0.717, 1.165) is 0 Å². The summed E-state index contributed by atoms with van der Waals surface area (Å²) in [6.45, 7) is 0.990. The number of piperidine rings is 1. The van der Waals surface area contributed by atoms with Crippen molar-refractivity contribution in [3.63, 3.8) is 0 Å². The number of aliphatic hydroxyl groups is 1. The summed E-state index contributed by atoms with van der Waals surface area (Å²) in [5.41, 5.74) is 0. The summed E-state index contributed by atoms with van der Waals surface area (Å²) < 4.78 is 36.1. The maximum atomic E-state index is 12.0. The van der Waals surface area contributed by atoms with E-state index in [1.54, 1.807) is 6.92 Å². The van der Waals surface area contributed by atoms with Crippen LogP contribution in [0.2, 0.25) is 0 Å². The SMILES string of the molecule is C[C@@H]1CC[C@@H](O)CN1CC(F)(F)F. The zero-order valence-corrected chi connectivity index (χ0v) is 7.51. The van der Waals surface area contributed by atoms with E-state index in [1.165, 1.54) is 4.90 Å². The lowest BCUT2D eigenvalue weighted by Gasteiger charge is -2.36. The first-order chi connectivity index (χ1) is 5.88. The highest BCUT2D eigenvalue weighted by atomic mass is 19.4. The highest BCUT2D eigenvalue weighted by Crippen LogP contribution is 2.23. The first-order valence-electron chi connectivity index (χ1n) is 4.37. The van der Waals surface area contributed by atoms with Gasteiger partial charge < -0.3 is 5.11 Å². The second-order valence-corrected chi connectivity index (χ2v) is 3.62.